The summed E-state index contributed by atoms with van der Waals surface area (Å²) in [5, 5.41) is 2.15. The Balaban J connectivity index is 2.27. The molecule has 0 aromatic carbocycles. The van der Waals surface area contributed by atoms with E-state index in [0.717, 1.165) is 4.90 Å². The number of hydrogen-bond donors (Lipinski definition) is 1. The van der Waals surface area contributed by atoms with E-state index < -0.39 is 23.8 Å². The molecule has 4 amide bonds. The highest BCUT2D eigenvalue weighted by Crippen LogP contribution is 2.15. The van der Waals surface area contributed by atoms with Crippen molar-refractivity contribution in [3.05, 3.63) is 24.3 Å². The highest BCUT2D eigenvalue weighted by molar-refractivity contribution is 6.10. The molecule has 0 bridgehead atoms. The van der Waals surface area contributed by atoms with Gasteiger partial charge in [-0.3, -0.25) is 29.4 Å². The molecule has 0 spiro atoms. The van der Waals surface area contributed by atoms with Gasteiger partial charge in [-0.25, -0.2) is 0 Å². The van der Waals surface area contributed by atoms with Crippen molar-refractivity contribution in [2.45, 2.75) is 31.7 Å². The van der Waals surface area contributed by atoms with Crippen LogP contribution in [0, 0.1) is 0 Å². The monoisotopic (exact) mass is 262 g/mol. The molecule has 2 aliphatic heterocycles. The maximum Gasteiger partial charge on any atom is 0.253 e. The lowest BCUT2D eigenvalue weighted by atomic mass is 10.0. The third-order valence-electron chi connectivity index (χ3n) is 3.02. The molecule has 1 fully saturated rings. The van der Waals surface area contributed by atoms with E-state index in [2.05, 4.69) is 5.32 Å². The van der Waals surface area contributed by atoms with Crippen LogP contribution in [0.3, 0.4) is 0 Å². The Morgan fingerprint density at radius 2 is 1.58 bits per heavy atom. The number of nitrogens with zero attached hydrogens (tertiary/aromatic N) is 1. The van der Waals surface area contributed by atoms with Gasteiger partial charge in [-0.1, -0.05) is 12.2 Å². The number of rotatable bonds is 1. The Bertz CT molecular complexity index is 467. The quantitative estimate of drug-likeness (QED) is 0.677. The number of piperidine rings is 1. The van der Waals surface area contributed by atoms with Crippen molar-refractivity contribution in [1.29, 1.82) is 0 Å². The fourth-order valence-electron chi connectivity index (χ4n) is 2.07. The highest BCUT2D eigenvalue weighted by atomic mass is 16.2. The third kappa shape index (κ3) is 2.96. The molecule has 2 heterocycles. The molecule has 1 atom stereocenters. The second-order valence-electron chi connectivity index (χ2n) is 4.40. The van der Waals surface area contributed by atoms with Crippen LogP contribution in [-0.4, -0.2) is 34.6 Å². The number of imide groups is 2. The van der Waals surface area contributed by atoms with Crippen LogP contribution in [0.15, 0.2) is 24.3 Å². The molecule has 0 aromatic rings. The predicted molar refractivity (Wildman–Crippen MR) is 65.5 cm³/mol. The highest BCUT2D eigenvalue weighted by Gasteiger charge is 2.36. The molecular formula is C13H14N2O4. The minimum absolute atomic E-state index is 0.126. The van der Waals surface area contributed by atoms with Gasteiger partial charge in [0.05, 0.1) is 0 Å². The summed E-state index contributed by atoms with van der Waals surface area (Å²) in [6.45, 7) is 0. The molecule has 1 saturated heterocycles. The van der Waals surface area contributed by atoms with Crippen LogP contribution in [0.4, 0.5) is 0 Å². The Morgan fingerprint density at radius 1 is 1.00 bits per heavy atom. The largest absolute Gasteiger partial charge is 0.295 e. The number of hydrogen-bond acceptors (Lipinski definition) is 4. The number of amides is 4. The lowest BCUT2D eigenvalue weighted by Gasteiger charge is -2.29. The summed E-state index contributed by atoms with van der Waals surface area (Å²) in [5.41, 5.74) is 0. The standard InChI is InChI=1S/C13H14N2O4/c16-10-8-7-9(13(19)14-10)15-11(17)5-3-1-2-4-6-12(15)18/h3-6,9H,1-2,7-8H2,(H,14,16,19)/b5-3+,6-4+. The van der Waals surface area contributed by atoms with Gasteiger partial charge >= 0.3 is 0 Å². The lowest BCUT2D eigenvalue weighted by molar-refractivity contribution is -0.150. The van der Waals surface area contributed by atoms with Gasteiger partial charge in [-0.15, -0.1) is 0 Å². The van der Waals surface area contributed by atoms with Gasteiger partial charge in [0.15, 0.2) is 0 Å². The first-order valence-electron chi connectivity index (χ1n) is 6.13. The number of nitrogens with one attached hydrogen (secondary N) is 1. The van der Waals surface area contributed by atoms with E-state index in [1.807, 2.05) is 0 Å². The van der Waals surface area contributed by atoms with Crippen LogP contribution in [0.25, 0.3) is 0 Å². The van der Waals surface area contributed by atoms with E-state index in [4.69, 9.17) is 0 Å². The van der Waals surface area contributed by atoms with E-state index >= 15 is 0 Å². The molecular weight excluding hydrogens is 248 g/mol. The first kappa shape index (κ1) is 13.2. The molecule has 0 aromatic heterocycles. The number of carbonyl (C=O) groups is 4. The van der Waals surface area contributed by atoms with Crippen LogP contribution < -0.4 is 5.32 Å². The fraction of sp³-hybridized carbons (Fsp3) is 0.385. The summed E-state index contributed by atoms with van der Waals surface area (Å²) in [6.07, 6.45) is 7.57. The summed E-state index contributed by atoms with van der Waals surface area (Å²) in [4.78, 5) is 47.7. The van der Waals surface area contributed by atoms with Crippen molar-refractivity contribution >= 4 is 23.6 Å². The van der Waals surface area contributed by atoms with Crippen LogP contribution in [-0.2, 0) is 19.2 Å². The van der Waals surface area contributed by atoms with Gasteiger partial charge in [0.25, 0.3) is 11.8 Å². The molecule has 100 valence electrons. The average molecular weight is 262 g/mol. The first-order chi connectivity index (χ1) is 9.09. The second-order valence-corrected chi connectivity index (χ2v) is 4.40. The zero-order chi connectivity index (χ0) is 13.8. The molecule has 6 nitrogen and oxygen atoms in total. The first-order valence-corrected chi connectivity index (χ1v) is 6.13. The molecule has 0 saturated carbocycles. The minimum Gasteiger partial charge on any atom is -0.295 e. The van der Waals surface area contributed by atoms with E-state index in [0.29, 0.717) is 12.8 Å². The lowest BCUT2D eigenvalue weighted by Crippen LogP contribution is -2.55. The smallest absolute Gasteiger partial charge is 0.253 e. The minimum atomic E-state index is -0.912. The van der Waals surface area contributed by atoms with Gasteiger partial charge in [0, 0.05) is 6.42 Å². The molecule has 2 aliphatic rings. The van der Waals surface area contributed by atoms with Gasteiger partial charge in [-0.05, 0) is 31.4 Å². The molecule has 19 heavy (non-hydrogen) atoms. The molecule has 6 heteroatoms. The Kier molecular flexibility index (Phi) is 3.89. The third-order valence-corrected chi connectivity index (χ3v) is 3.02. The summed E-state index contributed by atoms with van der Waals surface area (Å²) in [6, 6.07) is -0.912. The van der Waals surface area contributed by atoms with E-state index in [1.54, 1.807) is 12.2 Å². The Labute approximate surface area is 110 Å². The van der Waals surface area contributed by atoms with E-state index in [-0.39, 0.29) is 18.7 Å². The van der Waals surface area contributed by atoms with Crippen molar-refractivity contribution in [2.24, 2.45) is 0 Å². The Hall–Kier alpha value is -2.24. The van der Waals surface area contributed by atoms with Crippen LogP contribution in [0.2, 0.25) is 0 Å². The average Bonchev–Trinajstić information content (AvgIpc) is 2.43. The summed E-state index contributed by atoms with van der Waals surface area (Å²) >= 11 is 0. The summed E-state index contributed by atoms with van der Waals surface area (Å²) in [5.74, 6) is -2.02. The summed E-state index contributed by atoms with van der Waals surface area (Å²) in [7, 11) is 0. The maximum atomic E-state index is 12.0. The van der Waals surface area contributed by atoms with Gasteiger partial charge < -0.3 is 0 Å². The number of carbonyl (C=O) groups excluding carboxylic acids is 4. The number of allylic oxidation sites excluding steroid dienone is 2. The topological polar surface area (TPSA) is 83.6 Å². The zero-order valence-corrected chi connectivity index (χ0v) is 10.3. The Morgan fingerprint density at radius 3 is 2.11 bits per heavy atom. The summed E-state index contributed by atoms with van der Waals surface area (Å²) < 4.78 is 0. The second kappa shape index (κ2) is 5.60. The van der Waals surface area contributed by atoms with Crippen LogP contribution in [0.1, 0.15) is 25.7 Å². The zero-order valence-electron chi connectivity index (χ0n) is 10.3. The predicted octanol–water partition coefficient (Wildman–Crippen LogP) is 0.0530. The van der Waals surface area contributed by atoms with E-state index in [9.17, 15) is 19.2 Å². The molecule has 0 radical (unpaired) electrons. The van der Waals surface area contributed by atoms with Gasteiger partial charge in [0.1, 0.15) is 6.04 Å². The maximum absolute atomic E-state index is 12.0. The molecule has 1 unspecified atom stereocenters. The van der Waals surface area contributed by atoms with Crippen molar-refractivity contribution in [3.63, 3.8) is 0 Å². The van der Waals surface area contributed by atoms with Crippen molar-refractivity contribution < 1.29 is 19.2 Å². The van der Waals surface area contributed by atoms with Crippen molar-refractivity contribution in [2.75, 3.05) is 0 Å². The van der Waals surface area contributed by atoms with Crippen LogP contribution in [0.5, 0.6) is 0 Å². The van der Waals surface area contributed by atoms with Gasteiger partial charge in [0.2, 0.25) is 11.8 Å². The van der Waals surface area contributed by atoms with Crippen molar-refractivity contribution in [3.8, 4) is 0 Å². The van der Waals surface area contributed by atoms with Gasteiger partial charge in [-0.2, -0.15) is 0 Å². The normalized spacial score (nSPS) is 28.2. The molecule has 2 rings (SSSR count). The molecule has 0 aliphatic carbocycles. The van der Waals surface area contributed by atoms with Crippen LogP contribution >= 0.6 is 0 Å². The fourth-order valence-corrected chi connectivity index (χ4v) is 2.07. The SMILES string of the molecule is O=C1CCC(N2C(=O)/C=C/CC/C=C/C2=O)C(=O)N1. The molecule has 1 N–H and O–H groups in total. The van der Waals surface area contributed by atoms with Crippen molar-refractivity contribution in [1.82, 2.24) is 10.2 Å². The van der Waals surface area contributed by atoms with E-state index in [1.165, 1.54) is 12.2 Å².